The largest absolute Gasteiger partial charge is 0.411 e. The van der Waals surface area contributed by atoms with Crippen molar-refractivity contribution in [1.82, 2.24) is 15.2 Å². The number of pyridine rings is 1. The predicted octanol–water partition coefficient (Wildman–Crippen LogP) is 4.29. The molecule has 0 saturated carbocycles. The van der Waals surface area contributed by atoms with Crippen LogP contribution in [0.3, 0.4) is 0 Å². The first-order valence-electron chi connectivity index (χ1n) is 8.30. The highest BCUT2D eigenvalue weighted by atomic mass is 32.2. The number of anilines is 1. The number of carbonyl (C=O) groups excluding carboxylic acids is 1. The maximum absolute atomic E-state index is 12.4. The van der Waals surface area contributed by atoms with E-state index in [0.717, 1.165) is 22.4 Å². The molecule has 134 valence electrons. The van der Waals surface area contributed by atoms with Gasteiger partial charge in [0, 0.05) is 18.1 Å². The van der Waals surface area contributed by atoms with Gasteiger partial charge in [0.15, 0.2) is 0 Å². The van der Waals surface area contributed by atoms with E-state index in [2.05, 4.69) is 34.3 Å². The van der Waals surface area contributed by atoms with Gasteiger partial charge < -0.3 is 9.73 Å². The van der Waals surface area contributed by atoms with Gasteiger partial charge in [-0.3, -0.25) is 9.78 Å². The summed E-state index contributed by atoms with van der Waals surface area (Å²) < 4.78 is 5.58. The van der Waals surface area contributed by atoms with Gasteiger partial charge in [-0.25, -0.2) is 0 Å². The first-order chi connectivity index (χ1) is 12.5. The summed E-state index contributed by atoms with van der Waals surface area (Å²) >= 11 is 1.21. The van der Waals surface area contributed by atoms with E-state index in [1.54, 1.807) is 18.5 Å². The minimum atomic E-state index is -0.104. The molecular weight excluding hydrogens is 348 g/mol. The van der Waals surface area contributed by atoms with Crippen LogP contribution in [0.1, 0.15) is 30.9 Å². The van der Waals surface area contributed by atoms with Crippen LogP contribution in [0.25, 0.3) is 11.5 Å². The molecule has 6 nitrogen and oxygen atoms in total. The predicted molar refractivity (Wildman–Crippen MR) is 102 cm³/mol. The number of para-hydroxylation sites is 1. The van der Waals surface area contributed by atoms with E-state index < -0.39 is 0 Å². The second-order valence-corrected chi connectivity index (χ2v) is 7.07. The molecule has 0 aliphatic carbocycles. The molecule has 0 bridgehead atoms. The molecule has 0 spiro atoms. The number of nitrogens with zero attached hydrogens (tertiary/aromatic N) is 3. The van der Waals surface area contributed by atoms with Crippen LogP contribution in [-0.2, 0) is 4.79 Å². The van der Waals surface area contributed by atoms with E-state index in [4.69, 9.17) is 4.42 Å². The molecule has 1 aromatic carbocycles. The number of carbonyl (C=O) groups is 1. The molecule has 1 amide bonds. The quantitative estimate of drug-likeness (QED) is 0.654. The van der Waals surface area contributed by atoms with Crippen molar-refractivity contribution in [2.24, 2.45) is 0 Å². The molecule has 7 heteroatoms. The molecule has 3 aromatic rings. The highest BCUT2D eigenvalue weighted by Gasteiger charge is 2.14. The third-order valence-electron chi connectivity index (χ3n) is 3.83. The molecule has 3 rings (SSSR count). The van der Waals surface area contributed by atoms with Gasteiger partial charge in [-0.1, -0.05) is 43.8 Å². The standard InChI is InChI=1S/C19H20N4O2S/c1-12(2)15-8-4-6-13(3)17(15)21-16(24)11-26-19-23-22-18(25-19)14-7-5-9-20-10-14/h4-10,12H,11H2,1-3H3,(H,21,24). The summed E-state index contributed by atoms with van der Waals surface area (Å²) in [5.41, 5.74) is 3.80. The summed E-state index contributed by atoms with van der Waals surface area (Å²) in [7, 11) is 0. The van der Waals surface area contributed by atoms with Crippen molar-refractivity contribution in [3.05, 3.63) is 53.9 Å². The summed E-state index contributed by atoms with van der Waals surface area (Å²) in [6.45, 7) is 6.21. The Labute approximate surface area is 156 Å². The topological polar surface area (TPSA) is 80.9 Å². The number of benzene rings is 1. The van der Waals surface area contributed by atoms with E-state index in [1.165, 1.54) is 11.8 Å². The Kier molecular flexibility index (Phi) is 5.68. The molecule has 0 fully saturated rings. The monoisotopic (exact) mass is 368 g/mol. The fourth-order valence-corrected chi connectivity index (χ4v) is 3.08. The van der Waals surface area contributed by atoms with Gasteiger partial charge in [-0.15, -0.1) is 10.2 Å². The van der Waals surface area contributed by atoms with Gasteiger partial charge in [-0.05, 0) is 36.1 Å². The van der Waals surface area contributed by atoms with Crippen molar-refractivity contribution in [1.29, 1.82) is 0 Å². The molecule has 1 N–H and O–H groups in total. The van der Waals surface area contributed by atoms with Crippen LogP contribution in [-0.4, -0.2) is 26.8 Å². The Balaban J connectivity index is 1.63. The molecule has 26 heavy (non-hydrogen) atoms. The van der Waals surface area contributed by atoms with Crippen LogP contribution >= 0.6 is 11.8 Å². The van der Waals surface area contributed by atoms with Crippen LogP contribution < -0.4 is 5.32 Å². The summed E-state index contributed by atoms with van der Waals surface area (Å²) in [6.07, 6.45) is 3.33. The number of rotatable bonds is 6. The Bertz CT molecular complexity index is 894. The van der Waals surface area contributed by atoms with Crippen molar-refractivity contribution in [2.75, 3.05) is 11.1 Å². The molecule has 0 unspecified atom stereocenters. The first-order valence-corrected chi connectivity index (χ1v) is 9.29. The fraction of sp³-hybridized carbons (Fsp3) is 0.263. The highest BCUT2D eigenvalue weighted by molar-refractivity contribution is 7.99. The van der Waals surface area contributed by atoms with E-state index >= 15 is 0 Å². The Hall–Kier alpha value is -2.67. The summed E-state index contributed by atoms with van der Waals surface area (Å²) in [5, 5.41) is 11.3. The smallest absolute Gasteiger partial charge is 0.277 e. The number of hydrogen-bond acceptors (Lipinski definition) is 6. The van der Waals surface area contributed by atoms with E-state index in [9.17, 15) is 4.79 Å². The summed E-state index contributed by atoms with van der Waals surface area (Å²) in [6, 6.07) is 9.68. The normalized spacial score (nSPS) is 10.9. The molecule has 0 atom stereocenters. The maximum Gasteiger partial charge on any atom is 0.277 e. The van der Waals surface area contributed by atoms with Crippen molar-refractivity contribution >= 4 is 23.4 Å². The Morgan fingerprint density at radius 3 is 2.81 bits per heavy atom. The third-order valence-corrected chi connectivity index (χ3v) is 4.65. The first kappa shape index (κ1) is 18.1. The molecule has 0 aliphatic rings. The molecule has 2 heterocycles. The van der Waals surface area contributed by atoms with Crippen LogP contribution in [0, 0.1) is 6.92 Å². The van der Waals surface area contributed by atoms with Gasteiger partial charge in [0.05, 0.1) is 11.3 Å². The zero-order valence-corrected chi connectivity index (χ0v) is 15.7. The van der Waals surface area contributed by atoms with Gasteiger partial charge in [0.2, 0.25) is 11.8 Å². The van der Waals surface area contributed by atoms with Crippen molar-refractivity contribution in [3.63, 3.8) is 0 Å². The lowest BCUT2D eigenvalue weighted by Crippen LogP contribution is -2.16. The SMILES string of the molecule is Cc1cccc(C(C)C)c1NC(=O)CSc1nnc(-c2cccnc2)o1. The zero-order chi connectivity index (χ0) is 18.5. The summed E-state index contributed by atoms with van der Waals surface area (Å²) in [5.74, 6) is 0.811. The Morgan fingerprint density at radius 2 is 2.08 bits per heavy atom. The van der Waals surface area contributed by atoms with E-state index in [1.807, 2.05) is 31.2 Å². The summed E-state index contributed by atoms with van der Waals surface area (Å²) in [4.78, 5) is 16.4. The van der Waals surface area contributed by atoms with Gasteiger partial charge in [-0.2, -0.15) is 0 Å². The van der Waals surface area contributed by atoms with E-state index in [0.29, 0.717) is 17.0 Å². The van der Waals surface area contributed by atoms with Crippen molar-refractivity contribution in [3.8, 4) is 11.5 Å². The lowest BCUT2D eigenvalue weighted by Gasteiger charge is -2.16. The minimum Gasteiger partial charge on any atom is -0.411 e. The lowest BCUT2D eigenvalue weighted by atomic mass is 9.98. The maximum atomic E-state index is 12.4. The fourth-order valence-electron chi connectivity index (χ4n) is 2.52. The average molecular weight is 368 g/mol. The second kappa shape index (κ2) is 8.14. The Morgan fingerprint density at radius 1 is 1.23 bits per heavy atom. The lowest BCUT2D eigenvalue weighted by molar-refractivity contribution is -0.113. The minimum absolute atomic E-state index is 0.104. The van der Waals surface area contributed by atoms with Gasteiger partial charge in [0.25, 0.3) is 5.22 Å². The van der Waals surface area contributed by atoms with Crippen LogP contribution in [0.5, 0.6) is 0 Å². The van der Waals surface area contributed by atoms with Gasteiger partial charge in [0.1, 0.15) is 0 Å². The van der Waals surface area contributed by atoms with Gasteiger partial charge >= 0.3 is 0 Å². The molecule has 0 aliphatic heterocycles. The second-order valence-electron chi connectivity index (χ2n) is 6.15. The molecular formula is C19H20N4O2S. The van der Waals surface area contributed by atoms with E-state index in [-0.39, 0.29) is 11.7 Å². The van der Waals surface area contributed by atoms with Crippen LogP contribution in [0.15, 0.2) is 52.4 Å². The number of nitrogens with one attached hydrogen (secondary N) is 1. The number of thioether (sulfide) groups is 1. The van der Waals surface area contributed by atoms with Crippen molar-refractivity contribution < 1.29 is 9.21 Å². The molecule has 0 radical (unpaired) electrons. The number of amides is 1. The number of aryl methyl sites for hydroxylation is 1. The third kappa shape index (κ3) is 4.29. The number of hydrogen-bond donors (Lipinski definition) is 1. The van der Waals surface area contributed by atoms with Crippen LogP contribution in [0.2, 0.25) is 0 Å². The van der Waals surface area contributed by atoms with Crippen LogP contribution in [0.4, 0.5) is 5.69 Å². The molecule has 2 aromatic heterocycles. The average Bonchev–Trinajstić information content (AvgIpc) is 3.11. The highest BCUT2D eigenvalue weighted by Crippen LogP contribution is 2.28. The van der Waals surface area contributed by atoms with Crippen molar-refractivity contribution in [2.45, 2.75) is 31.9 Å². The molecule has 0 saturated heterocycles. The zero-order valence-electron chi connectivity index (χ0n) is 14.9. The number of aromatic nitrogens is 3.